The molecule has 0 amide bonds. The van der Waals surface area contributed by atoms with Gasteiger partial charge in [0.05, 0.1) is 16.6 Å². The third kappa shape index (κ3) is 2.09. The molecular formula is C10H13NO3. The van der Waals surface area contributed by atoms with Crippen LogP contribution in [0.3, 0.4) is 0 Å². The minimum Gasteiger partial charge on any atom is -0.388 e. The summed E-state index contributed by atoms with van der Waals surface area (Å²) in [6, 6.07) is 6.27. The molecule has 0 aliphatic carbocycles. The zero-order chi connectivity index (χ0) is 10.7. The molecule has 1 atom stereocenters. The predicted molar refractivity (Wildman–Crippen MR) is 52.9 cm³/mol. The van der Waals surface area contributed by atoms with E-state index < -0.39 is 11.0 Å². The topological polar surface area (TPSA) is 63.4 Å². The Morgan fingerprint density at radius 1 is 1.36 bits per heavy atom. The molecule has 0 fully saturated rings. The quantitative estimate of drug-likeness (QED) is 0.594. The number of aliphatic hydroxyl groups excluding tert-OH is 1. The van der Waals surface area contributed by atoms with Crippen molar-refractivity contribution in [3.63, 3.8) is 0 Å². The summed E-state index contributed by atoms with van der Waals surface area (Å²) in [5.41, 5.74) is 0.362. The second-order valence-corrected chi connectivity index (χ2v) is 3.50. The van der Waals surface area contributed by atoms with Crippen LogP contribution < -0.4 is 0 Å². The molecule has 4 nitrogen and oxygen atoms in total. The molecule has 1 rings (SSSR count). The highest BCUT2D eigenvalue weighted by Gasteiger charge is 2.21. The molecule has 76 valence electrons. The highest BCUT2D eigenvalue weighted by molar-refractivity contribution is 5.41. The number of rotatable bonds is 3. The van der Waals surface area contributed by atoms with Gasteiger partial charge >= 0.3 is 0 Å². The molecule has 0 aliphatic rings. The van der Waals surface area contributed by atoms with E-state index in [0.29, 0.717) is 5.56 Å². The summed E-state index contributed by atoms with van der Waals surface area (Å²) in [5.74, 6) is -0.0314. The summed E-state index contributed by atoms with van der Waals surface area (Å²) in [4.78, 5) is 10.2. The first-order chi connectivity index (χ1) is 6.54. The van der Waals surface area contributed by atoms with Crippen LogP contribution in [-0.2, 0) is 0 Å². The molecule has 1 aromatic carbocycles. The van der Waals surface area contributed by atoms with Crippen molar-refractivity contribution in [2.75, 3.05) is 0 Å². The van der Waals surface area contributed by atoms with E-state index in [-0.39, 0.29) is 11.6 Å². The van der Waals surface area contributed by atoms with Crippen LogP contribution >= 0.6 is 0 Å². The molecule has 0 heterocycles. The van der Waals surface area contributed by atoms with E-state index in [1.54, 1.807) is 18.2 Å². The lowest BCUT2D eigenvalue weighted by Gasteiger charge is -2.14. The molecule has 4 heteroatoms. The molecular weight excluding hydrogens is 182 g/mol. The Labute approximate surface area is 82.3 Å². The van der Waals surface area contributed by atoms with Crippen LogP contribution in [-0.4, -0.2) is 10.0 Å². The van der Waals surface area contributed by atoms with Gasteiger partial charge in [0.15, 0.2) is 0 Å². The fraction of sp³-hybridized carbons (Fsp3) is 0.400. The number of hydrogen-bond acceptors (Lipinski definition) is 3. The van der Waals surface area contributed by atoms with Crippen LogP contribution in [0, 0.1) is 16.0 Å². The van der Waals surface area contributed by atoms with E-state index in [1.165, 1.54) is 6.07 Å². The summed E-state index contributed by atoms with van der Waals surface area (Å²) in [6.07, 6.45) is -0.781. The number of hydrogen-bond donors (Lipinski definition) is 1. The van der Waals surface area contributed by atoms with E-state index >= 15 is 0 Å². The SMILES string of the molecule is CC(C)C(O)c1ccccc1[N+](=O)[O-]. The number of nitro benzene ring substituents is 1. The average Bonchev–Trinajstić information content (AvgIpc) is 2.16. The smallest absolute Gasteiger partial charge is 0.275 e. The lowest BCUT2D eigenvalue weighted by molar-refractivity contribution is -0.386. The zero-order valence-corrected chi connectivity index (χ0v) is 8.18. The maximum absolute atomic E-state index is 10.6. The predicted octanol–water partition coefficient (Wildman–Crippen LogP) is 2.28. The molecule has 0 saturated carbocycles. The van der Waals surface area contributed by atoms with Gasteiger partial charge < -0.3 is 5.11 Å². The monoisotopic (exact) mass is 195 g/mol. The number of benzene rings is 1. The van der Waals surface area contributed by atoms with Crippen LogP contribution in [0.4, 0.5) is 5.69 Å². The Balaban J connectivity index is 3.13. The molecule has 0 saturated heterocycles. The van der Waals surface area contributed by atoms with E-state index in [1.807, 2.05) is 13.8 Å². The standard InChI is InChI=1S/C10H13NO3/c1-7(2)10(12)8-5-3-4-6-9(8)11(13)14/h3-7,10,12H,1-2H3. The summed E-state index contributed by atoms with van der Waals surface area (Å²) in [5, 5.41) is 20.4. The summed E-state index contributed by atoms with van der Waals surface area (Å²) < 4.78 is 0. The van der Waals surface area contributed by atoms with Crippen molar-refractivity contribution in [2.45, 2.75) is 20.0 Å². The molecule has 0 radical (unpaired) electrons. The first kappa shape index (κ1) is 10.7. The van der Waals surface area contributed by atoms with Gasteiger partial charge in [0.2, 0.25) is 0 Å². The van der Waals surface area contributed by atoms with Crippen molar-refractivity contribution in [3.05, 3.63) is 39.9 Å². The second-order valence-electron chi connectivity index (χ2n) is 3.50. The number of aliphatic hydroxyl groups is 1. The minimum absolute atomic E-state index is 0.0197. The third-order valence-corrected chi connectivity index (χ3v) is 2.08. The molecule has 0 aliphatic heterocycles. The Hall–Kier alpha value is -1.42. The molecule has 1 N–H and O–H groups in total. The fourth-order valence-corrected chi connectivity index (χ4v) is 1.26. The Bertz CT molecular complexity index is 336. The van der Waals surface area contributed by atoms with Gasteiger partial charge in [-0.2, -0.15) is 0 Å². The van der Waals surface area contributed by atoms with E-state index in [4.69, 9.17) is 0 Å². The molecule has 0 spiro atoms. The van der Waals surface area contributed by atoms with E-state index in [2.05, 4.69) is 0 Å². The van der Waals surface area contributed by atoms with Crippen LogP contribution in [0.1, 0.15) is 25.5 Å². The van der Waals surface area contributed by atoms with Crippen LogP contribution in [0.2, 0.25) is 0 Å². The van der Waals surface area contributed by atoms with Gasteiger partial charge in [-0.3, -0.25) is 10.1 Å². The van der Waals surface area contributed by atoms with Gasteiger partial charge in [-0.1, -0.05) is 26.0 Å². The van der Waals surface area contributed by atoms with Gasteiger partial charge in [-0.25, -0.2) is 0 Å². The fourth-order valence-electron chi connectivity index (χ4n) is 1.26. The second kappa shape index (κ2) is 4.19. The first-order valence-corrected chi connectivity index (χ1v) is 4.45. The lowest BCUT2D eigenvalue weighted by atomic mass is 9.98. The van der Waals surface area contributed by atoms with E-state index in [9.17, 15) is 15.2 Å². The van der Waals surface area contributed by atoms with E-state index in [0.717, 1.165) is 0 Å². The summed E-state index contributed by atoms with van der Waals surface area (Å²) in [7, 11) is 0. The first-order valence-electron chi connectivity index (χ1n) is 4.45. The molecule has 0 bridgehead atoms. The number of para-hydroxylation sites is 1. The van der Waals surface area contributed by atoms with Crippen molar-refractivity contribution in [2.24, 2.45) is 5.92 Å². The maximum Gasteiger partial charge on any atom is 0.275 e. The van der Waals surface area contributed by atoms with Crippen molar-refractivity contribution < 1.29 is 10.0 Å². The minimum atomic E-state index is -0.781. The van der Waals surface area contributed by atoms with Crippen LogP contribution in [0.15, 0.2) is 24.3 Å². The van der Waals surface area contributed by atoms with Gasteiger partial charge in [0.1, 0.15) is 0 Å². The normalized spacial score (nSPS) is 12.9. The van der Waals surface area contributed by atoms with Gasteiger partial charge in [0, 0.05) is 6.07 Å². The van der Waals surface area contributed by atoms with Crippen molar-refractivity contribution >= 4 is 5.69 Å². The third-order valence-electron chi connectivity index (χ3n) is 2.08. The highest BCUT2D eigenvalue weighted by atomic mass is 16.6. The maximum atomic E-state index is 10.6. The number of nitro groups is 1. The molecule has 1 aromatic rings. The van der Waals surface area contributed by atoms with Gasteiger partial charge in [-0.05, 0) is 12.0 Å². The molecule has 14 heavy (non-hydrogen) atoms. The molecule has 0 aromatic heterocycles. The lowest BCUT2D eigenvalue weighted by Crippen LogP contribution is -2.07. The number of nitrogens with zero attached hydrogens (tertiary/aromatic N) is 1. The largest absolute Gasteiger partial charge is 0.388 e. The zero-order valence-electron chi connectivity index (χ0n) is 8.18. The van der Waals surface area contributed by atoms with Gasteiger partial charge in [-0.15, -0.1) is 0 Å². The van der Waals surface area contributed by atoms with Crippen molar-refractivity contribution in [1.29, 1.82) is 0 Å². The summed E-state index contributed by atoms with van der Waals surface area (Å²) in [6.45, 7) is 3.64. The Morgan fingerprint density at radius 2 is 1.93 bits per heavy atom. The average molecular weight is 195 g/mol. The Morgan fingerprint density at radius 3 is 2.43 bits per heavy atom. The summed E-state index contributed by atoms with van der Waals surface area (Å²) >= 11 is 0. The van der Waals surface area contributed by atoms with Gasteiger partial charge in [0.25, 0.3) is 5.69 Å². The van der Waals surface area contributed by atoms with Crippen molar-refractivity contribution in [1.82, 2.24) is 0 Å². The van der Waals surface area contributed by atoms with Crippen molar-refractivity contribution in [3.8, 4) is 0 Å². The highest BCUT2D eigenvalue weighted by Crippen LogP contribution is 2.29. The van der Waals surface area contributed by atoms with Crippen LogP contribution in [0.25, 0.3) is 0 Å². The molecule has 1 unspecified atom stereocenters. The Kier molecular flexibility index (Phi) is 3.19. The van der Waals surface area contributed by atoms with Crippen LogP contribution in [0.5, 0.6) is 0 Å².